The van der Waals surface area contributed by atoms with Crippen LogP contribution < -0.4 is 0 Å². The van der Waals surface area contributed by atoms with E-state index < -0.39 is 0 Å². The summed E-state index contributed by atoms with van der Waals surface area (Å²) >= 11 is 4.95. The molecule has 2 rings (SSSR count). The number of aromatic nitrogens is 1. The highest BCUT2D eigenvalue weighted by Crippen LogP contribution is 2.22. The molecule has 4 nitrogen and oxygen atoms in total. The van der Waals surface area contributed by atoms with Crippen LogP contribution in [-0.2, 0) is 6.54 Å². The first kappa shape index (κ1) is 13.0. The highest BCUT2D eigenvalue weighted by atomic mass is 79.9. The minimum atomic E-state index is -0.223. The van der Waals surface area contributed by atoms with E-state index in [1.165, 1.54) is 18.5 Å². The van der Waals surface area contributed by atoms with Crippen LogP contribution in [0.5, 0.6) is 5.75 Å². The smallest absolute Gasteiger partial charge is 0.257 e. The van der Waals surface area contributed by atoms with Crippen LogP contribution in [0.15, 0.2) is 34.4 Å². The fourth-order valence-corrected chi connectivity index (χ4v) is 3.02. The Morgan fingerprint density at radius 1 is 1.61 bits per heavy atom. The first-order valence-corrected chi connectivity index (χ1v) is 6.86. The highest BCUT2D eigenvalue weighted by molar-refractivity contribution is 9.10. The lowest BCUT2D eigenvalue weighted by Crippen LogP contribution is -2.25. The van der Waals surface area contributed by atoms with Crippen molar-refractivity contribution in [2.45, 2.75) is 6.54 Å². The van der Waals surface area contributed by atoms with Gasteiger partial charge in [-0.05, 0) is 28.1 Å². The summed E-state index contributed by atoms with van der Waals surface area (Å²) in [7, 11) is 1.70. The van der Waals surface area contributed by atoms with Gasteiger partial charge in [0.15, 0.2) is 0 Å². The maximum absolute atomic E-state index is 12.1. The van der Waals surface area contributed by atoms with Gasteiger partial charge in [-0.2, -0.15) is 0 Å². The van der Waals surface area contributed by atoms with Crippen molar-refractivity contribution >= 4 is 33.2 Å². The number of amides is 1. The molecule has 1 N–H and O–H groups in total. The minimum Gasteiger partial charge on any atom is -0.505 e. The summed E-state index contributed by atoms with van der Waals surface area (Å²) in [6.07, 6.45) is 2.76. The first-order chi connectivity index (χ1) is 8.58. The first-order valence-electron chi connectivity index (χ1n) is 5.19. The fourth-order valence-electron chi connectivity index (χ4n) is 1.51. The van der Waals surface area contributed by atoms with Crippen molar-refractivity contribution in [3.63, 3.8) is 0 Å². The molecular formula is C12H11BrN2O2S. The van der Waals surface area contributed by atoms with Crippen molar-refractivity contribution in [1.82, 2.24) is 9.88 Å². The molecule has 6 heteroatoms. The Hall–Kier alpha value is -1.40. The molecule has 0 spiro atoms. The minimum absolute atomic E-state index is 0.0956. The van der Waals surface area contributed by atoms with Crippen molar-refractivity contribution in [2.24, 2.45) is 0 Å². The Morgan fingerprint density at radius 3 is 3.00 bits per heavy atom. The van der Waals surface area contributed by atoms with Gasteiger partial charge < -0.3 is 10.0 Å². The van der Waals surface area contributed by atoms with Gasteiger partial charge in [0.25, 0.3) is 5.91 Å². The lowest BCUT2D eigenvalue weighted by molar-refractivity contribution is 0.0783. The molecule has 2 aromatic heterocycles. The molecule has 0 aliphatic rings. The number of thiophene rings is 1. The number of nitrogens with zero attached hydrogens (tertiary/aromatic N) is 2. The second-order valence-corrected chi connectivity index (χ2v) is 5.70. The maximum atomic E-state index is 12.1. The van der Waals surface area contributed by atoms with E-state index in [0.29, 0.717) is 6.54 Å². The van der Waals surface area contributed by atoms with E-state index in [0.717, 1.165) is 9.35 Å². The van der Waals surface area contributed by atoms with Gasteiger partial charge in [-0.15, -0.1) is 11.3 Å². The predicted octanol–water partition coefficient (Wildman–Crippen LogP) is 2.88. The SMILES string of the molecule is CN(Cc1cc(Br)cs1)C(=O)c1ccncc1O. The van der Waals surface area contributed by atoms with Gasteiger partial charge in [0, 0.05) is 28.0 Å². The monoisotopic (exact) mass is 326 g/mol. The molecule has 2 aromatic rings. The Labute approximate surface area is 117 Å². The molecule has 0 atom stereocenters. The molecule has 94 valence electrons. The fraction of sp³-hybridized carbons (Fsp3) is 0.167. The van der Waals surface area contributed by atoms with Crippen LogP contribution >= 0.6 is 27.3 Å². The Balaban J connectivity index is 2.12. The summed E-state index contributed by atoms with van der Waals surface area (Å²) in [6.45, 7) is 0.511. The standard InChI is InChI=1S/C12H11BrN2O2S/c1-15(6-9-4-8(13)7-18-9)12(17)10-2-3-14-5-11(10)16/h2-5,7,16H,6H2,1H3. The van der Waals surface area contributed by atoms with Gasteiger partial charge in [0.2, 0.25) is 0 Å². The quantitative estimate of drug-likeness (QED) is 0.943. The topological polar surface area (TPSA) is 53.4 Å². The zero-order valence-corrected chi connectivity index (χ0v) is 12.0. The van der Waals surface area contributed by atoms with Crippen LogP contribution in [0.1, 0.15) is 15.2 Å². The molecular weight excluding hydrogens is 316 g/mol. The number of rotatable bonds is 3. The summed E-state index contributed by atoms with van der Waals surface area (Å²) in [5.74, 6) is -0.318. The van der Waals surface area contributed by atoms with Crippen LogP contribution in [-0.4, -0.2) is 27.9 Å². The summed E-state index contributed by atoms with van der Waals surface area (Å²) in [5.41, 5.74) is 0.267. The highest BCUT2D eigenvalue weighted by Gasteiger charge is 2.16. The lowest BCUT2D eigenvalue weighted by atomic mass is 10.2. The average molecular weight is 327 g/mol. The Morgan fingerprint density at radius 2 is 2.39 bits per heavy atom. The number of halogens is 1. The molecule has 0 unspecified atom stereocenters. The zero-order valence-electron chi connectivity index (χ0n) is 9.63. The van der Waals surface area contributed by atoms with E-state index in [9.17, 15) is 9.90 Å². The largest absolute Gasteiger partial charge is 0.505 e. The lowest BCUT2D eigenvalue weighted by Gasteiger charge is -2.16. The summed E-state index contributed by atoms with van der Waals surface area (Å²) in [5, 5.41) is 11.6. The van der Waals surface area contributed by atoms with Crippen molar-refractivity contribution in [2.75, 3.05) is 7.05 Å². The summed E-state index contributed by atoms with van der Waals surface area (Å²) in [4.78, 5) is 18.5. The molecule has 0 bridgehead atoms. The van der Waals surface area contributed by atoms with Gasteiger partial charge in [-0.25, -0.2) is 0 Å². The normalized spacial score (nSPS) is 10.3. The third kappa shape index (κ3) is 2.88. The van der Waals surface area contributed by atoms with Crippen molar-refractivity contribution in [1.29, 1.82) is 0 Å². The number of hydrogen-bond acceptors (Lipinski definition) is 4. The van der Waals surface area contributed by atoms with E-state index in [4.69, 9.17) is 0 Å². The Bertz CT molecular complexity index is 571. The van der Waals surface area contributed by atoms with E-state index >= 15 is 0 Å². The van der Waals surface area contributed by atoms with Crippen LogP contribution in [0.2, 0.25) is 0 Å². The number of pyridine rings is 1. The van der Waals surface area contributed by atoms with Crippen LogP contribution in [0, 0.1) is 0 Å². The number of hydrogen-bond donors (Lipinski definition) is 1. The van der Waals surface area contributed by atoms with Gasteiger partial charge in [0.05, 0.1) is 18.3 Å². The molecule has 0 radical (unpaired) electrons. The second kappa shape index (κ2) is 5.49. The van der Waals surface area contributed by atoms with Crippen molar-refractivity contribution < 1.29 is 9.90 Å². The molecule has 1 amide bonds. The number of carbonyl (C=O) groups excluding carboxylic acids is 1. The molecule has 0 saturated heterocycles. The van der Waals surface area contributed by atoms with Gasteiger partial charge >= 0.3 is 0 Å². The van der Waals surface area contributed by atoms with E-state index in [1.54, 1.807) is 23.3 Å². The van der Waals surface area contributed by atoms with Gasteiger partial charge in [0.1, 0.15) is 5.75 Å². The second-order valence-electron chi connectivity index (χ2n) is 3.79. The van der Waals surface area contributed by atoms with Crippen molar-refractivity contribution in [3.05, 3.63) is 44.8 Å². The molecule has 18 heavy (non-hydrogen) atoms. The average Bonchev–Trinajstić information content (AvgIpc) is 2.74. The third-order valence-corrected chi connectivity index (χ3v) is 4.07. The number of aromatic hydroxyl groups is 1. The maximum Gasteiger partial charge on any atom is 0.257 e. The Kier molecular flexibility index (Phi) is 3.98. The molecule has 0 aromatic carbocycles. The summed E-state index contributed by atoms with van der Waals surface area (Å²) in [6, 6.07) is 3.49. The molecule has 0 fully saturated rings. The van der Waals surface area contributed by atoms with E-state index in [2.05, 4.69) is 20.9 Å². The summed E-state index contributed by atoms with van der Waals surface area (Å²) < 4.78 is 1.01. The third-order valence-electron chi connectivity index (χ3n) is 2.39. The predicted molar refractivity (Wildman–Crippen MR) is 73.7 cm³/mol. The van der Waals surface area contributed by atoms with Crippen LogP contribution in [0.25, 0.3) is 0 Å². The van der Waals surface area contributed by atoms with Gasteiger partial charge in [-0.3, -0.25) is 9.78 Å². The van der Waals surface area contributed by atoms with Crippen LogP contribution in [0.3, 0.4) is 0 Å². The van der Waals surface area contributed by atoms with E-state index in [-0.39, 0.29) is 17.2 Å². The molecule has 2 heterocycles. The molecule has 0 aliphatic heterocycles. The number of carbonyl (C=O) groups is 1. The van der Waals surface area contributed by atoms with E-state index in [1.807, 2.05) is 11.4 Å². The molecule has 0 saturated carbocycles. The van der Waals surface area contributed by atoms with Crippen molar-refractivity contribution in [3.8, 4) is 5.75 Å². The molecule has 0 aliphatic carbocycles. The zero-order chi connectivity index (χ0) is 13.1. The van der Waals surface area contributed by atoms with Gasteiger partial charge in [-0.1, -0.05) is 0 Å². The van der Waals surface area contributed by atoms with Crippen LogP contribution in [0.4, 0.5) is 0 Å².